The van der Waals surface area contributed by atoms with Gasteiger partial charge in [0.15, 0.2) is 5.69 Å². The Morgan fingerprint density at radius 3 is 2.47 bits per heavy atom. The molecule has 78 valence electrons. The molecule has 1 nitrogen and oxygen atoms in total. The minimum Gasteiger partial charge on any atom is -0.251 e. The van der Waals surface area contributed by atoms with Crippen molar-refractivity contribution in [3.63, 3.8) is 0 Å². The molecule has 0 aliphatic rings. The number of aromatic nitrogens is 1. The number of hydrogen-bond acceptors (Lipinski definition) is 1. The molecule has 0 saturated heterocycles. The summed E-state index contributed by atoms with van der Waals surface area (Å²) in [4.78, 5) is 3.37. The summed E-state index contributed by atoms with van der Waals surface area (Å²) in [7, 11) is 0. The van der Waals surface area contributed by atoms with Crippen molar-refractivity contribution in [3.8, 4) is 0 Å². The number of benzene rings is 1. The second-order valence-electron chi connectivity index (χ2n) is 2.99. The van der Waals surface area contributed by atoms with Crippen LogP contribution < -0.4 is 0 Å². The zero-order valence-corrected chi connectivity index (χ0v) is 8.93. The Labute approximate surface area is 92.1 Å². The molecule has 0 N–H and O–H groups in total. The Morgan fingerprint density at radius 1 is 1.07 bits per heavy atom. The lowest BCUT2D eigenvalue weighted by molar-refractivity contribution is -0.139. The lowest BCUT2D eigenvalue weighted by atomic mass is 10.1. The number of nitrogens with zero attached hydrogens (tertiary/aromatic N) is 1. The van der Waals surface area contributed by atoms with Crippen molar-refractivity contribution in [2.24, 2.45) is 0 Å². The predicted octanol–water partition coefficient (Wildman–Crippen LogP) is 4.02. The molecule has 1 heterocycles. The summed E-state index contributed by atoms with van der Waals surface area (Å²) >= 11 is 3.20. The van der Waals surface area contributed by atoms with Crippen molar-refractivity contribution in [3.05, 3.63) is 40.6 Å². The van der Waals surface area contributed by atoms with E-state index in [9.17, 15) is 13.2 Å². The smallest absolute Gasteiger partial charge is 0.251 e. The van der Waals surface area contributed by atoms with Crippen molar-refractivity contribution in [2.45, 2.75) is 6.18 Å². The van der Waals surface area contributed by atoms with E-state index in [-0.39, 0.29) is 5.39 Å². The molecule has 0 atom stereocenters. The topological polar surface area (TPSA) is 12.9 Å². The number of hydrogen-bond donors (Lipinski definition) is 0. The summed E-state index contributed by atoms with van der Waals surface area (Å²) in [5, 5.41) is 0.624. The van der Waals surface area contributed by atoms with Gasteiger partial charge in [-0.05, 0) is 17.5 Å². The molecule has 0 amide bonds. The van der Waals surface area contributed by atoms with Gasteiger partial charge < -0.3 is 0 Å². The van der Waals surface area contributed by atoms with E-state index < -0.39 is 11.9 Å². The largest absolute Gasteiger partial charge is 0.433 e. The van der Waals surface area contributed by atoms with Crippen molar-refractivity contribution >= 4 is 26.7 Å². The molecule has 1 aromatic heterocycles. The monoisotopic (exact) mass is 275 g/mol. The van der Waals surface area contributed by atoms with E-state index >= 15 is 0 Å². The summed E-state index contributed by atoms with van der Waals surface area (Å²) < 4.78 is 38.3. The molecule has 0 bridgehead atoms. The Hall–Kier alpha value is -1.10. The average molecular weight is 276 g/mol. The van der Waals surface area contributed by atoms with Crippen molar-refractivity contribution < 1.29 is 13.2 Å². The second-order valence-corrected chi connectivity index (χ2v) is 3.85. The lowest BCUT2D eigenvalue weighted by Gasteiger charge is -2.09. The molecule has 2 aromatic rings. The molecule has 0 aliphatic carbocycles. The van der Waals surface area contributed by atoms with Gasteiger partial charge in [0.2, 0.25) is 0 Å². The van der Waals surface area contributed by atoms with E-state index in [0.717, 1.165) is 6.20 Å². The van der Waals surface area contributed by atoms with E-state index in [4.69, 9.17) is 0 Å². The maximum atomic E-state index is 12.6. The number of alkyl halides is 3. The van der Waals surface area contributed by atoms with Gasteiger partial charge in [-0.2, -0.15) is 13.2 Å². The van der Waals surface area contributed by atoms with Crippen LogP contribution in [0.1, 0.15) is 5.69 Å². The Morgan fingerprint density at radius 2 is 1.80 bits per heavy atom. The van der Waals surface area contributed by atoms with Gasteiger partial charge in [-0.1, -0.05) is 28.1 Å². The third-order valence-electron chi connectivity index (χ3n) is 2.02. The fourth-order valence-corrected chi connectivity index (χ4v) is 1.89. The van der Waals surface area contributed by atoms with Crippen molar-refractivity contribution in [2.75, 3.05) is 0 Å². The zero-order valence-electron chi connectivity index (χ0n) is 7.35. The molecular weight excluding hydrogens is 271 g/mol. The van der Waals surface area contributed by atoms with Gasteiger partial charge in [-0.25, -0.2) is 0 Å². The fraction of sp³-hybridized carbons (Fsp3) is 0.100. The summed E-state index contributed by atoms with van der Waals surface area (Å²) in [6, 6.07) is 6.22. The predicted molar refractivity (Wildman–Crippen MR) is 54.4 cm³/mol. The first kappa shape index (κ1) is 10.4. The van der Waals surface area contributed by atoms with Crippen LogP contribution in [-0.4, -0.2) is 4.98 Å². The van der Waals surface area contributed by atoms with E-state index in [1.54, 1.807) is 18.2 Å². The minimum absolute atomic E-state index is 0.111. The van der Waals surface area contributed by atoms with E-state index in [1.165, 1.54) is 6.07 Å². The van der Waals surface area contributed by atoms with Gasteiger partial charge >= 0.3 is 6.18 Å². The molecule has 1 aromatic carbocycles. The standard InChI is InChI=1S/C10H5BrF3N/c11-8-3-1-2-7-6(8)4-5-15-9(7)10(12,13)14/h1-5H. The molecule has 0 fully saturated rings. The maximum Gasteiger partial charge on any atom is 0.433 e. The van der Waals surface area contributed by atoms with Crippen LogP contribution in [0.15, 0.2) is 34.9 Å². The maximum absolute atomic E-state index is 12.6. The summed E-state index contributed by atoms with van der Waals surface area (Å²) in [6.07, 6.45) is -3.25. The summed E-state index contributed by atoms with van der Waals surface area (Å²) in [5.74, 6) is 0. The molecule has 0 saturated carbocycles. The van der Waals surface area contributed by atoms with Crippen LogP contribution in [0.25, 0.3) is 10.8 Å². The zero-order chi connectivity index (χ0) is 11.1. The highest BCUT2D eigenvalue weighted by molar-refractivity contribution is 9.10. The van der Waals surface area contributed by atoms with E-state index in [0.29, 0.717) is 9.86 Å². The van der Waals surface area contributed by atoms with Gasteiger partial charge in [0, 0.05) is 16.1 Å². The highest BCUT2D eigenvalue weighted by Gasteiger charge is 2.34. The molecule has 0 radical (unpaired) electrons. The van der Waals surface area contributed by atoms with Crippen LogP contribution in [0.5, 0.6) is 0 Å². The van der Waals surface area contributed by atoms with Crippen molar-refractivity contribution in [1.29, 1.82) is 0 Å². The minimum atomic E-state index is -4.42. The quantitative estimate of drug-likeness (QED) is 0.708. The van der Waals surface area contributed by atoms with Crippen LogP contribution in [0.3, 0.4) is 0 Å². The Bertz CT molecular complexity index is 507. The summed E-state index contributed by atoms with van der Waals surface area (Å²) in [5.41, 5.74) is -0.846. The molecular formula is C10H5BrF3N. The van der Waals surface area contributed by atoms with Crippen molar-refractivity contribution in [1.82, 2.24) is 4.98 Å². The van der Waals surface area contributed by atoms with Gasteiger partial charge in [0.05, 0.1) is 0 Å². The van der Waals surface area contributed by atoms with Crippen LogP contribution in [0.2, 0.25) is 0 Å². The molecule has 2 rings (SSSR count). The van der Waals surface area contributed by atoms with Gasteiger partial charge in [-0.3, -0.25) is 4.98 Å². The molecule has 0 unspecified atom stereocenters. The lowest BCUT2D eigenvalue weighted by Crippen LogP contribution is -2.08. The second kappa shape index (κ2) is 3.48. The SMILES string of the molecule is FC(F)(F)c1nccc2c(Br)cccc12. The first-order chi connectivity index (χ1) is 7.00. The highest BCUT2D eigenvalue weighted by atomic mass is 79.9. The molecule has 15 heavy (non-hydrogen) atoms. The molecule has 0 spiro atoms. The van der Waals surface area contributed by atoms with Gasteiger partial charge in [0.1, 0.15) is 0 Å². The first-order valence-corrected chi connectivity index (χ1v) is 4.90. The Kier molecular flexibility index (Phi) is 2.42. The van der Waals surface area contributed by atoms with Crippen LogP contribution in [-0.2, 0) is 6.18 Å². The molecule has 0 aliphatic heterocycles. The number of rotatable bonds is 0. The average Bonchev–Trinajstić information content (AvgIpc) is 2.16. The third-order valence-corrected chi connectivity index (χ3v) is 2.71. The third kappa shape index (κ3) is 1.84. The number of halogens is 4. The van der Waals surface area contributed by atoms with Gasteiger partial charge in [-0.15, -0.1) is 0 Å². The number of pyridine rings is 1. The van der Waals surface area contributed by atoms with E-state index in [1.807, 2.05) is 0 Å². The first-order valence-electron chi connectivity index (χ1n) is 4.10. The normalized spacial score (nSPS) is 12.0. The van der Waals surface area contributed by atoms with Gasteiger partial charge in [0.25, 0.3) is 0 Å². The summed E-state index contributed by atoms with van der Waals surface area (Å²) in [6.45, 7) is 0. The Balaban J connectivity index is 2.83. The molecule has 5 heteroatoms. The van der Waals surface area contributed by atoms with Crippen LogP contribution in [0, 0.1) is 0 Å². The highest BCUT2D eigenvalue weighted by Crippen LogP contribution is 2.34. The number of fused-ring (bicyclic) bond motifs is 1. The fourth-order valence-electron chi connectivity index (χ4n) is 1.39. The van der Waals surface area contributed by atoms with E-state index in [2.05, 4.69) is 20.9 Å². The van der Waals surface area contributed by atoms with Crippen LogP contribution >= 0.6 is 15.9 Å². The van der Waals surface area contributed by atoms with Crippen LogP contribution in [0.4, 0.5) is 13.2 Å².